The maximum Gasteiger partial charge on any atom is 0.253 e. The van der Waals surface area contributed by atoms with Crippen LogP contribution in [0, 0.1) is 5.92 Å². The second-order valence-corrected chi connectivity index (χ2v) is 5.84. The molecule has 2 aromatic carbocycles. The van der Waals surface area contributed by atoms with Crippen molar-refractivity contribution < 1.29 is 4.79 Å². The molecular formula is C18H17N3O. The molecule has 0 bridgehead atoms. The van der Waals surface area contributed by atoms with Crippen molar-refractivity contribution in [1.82, 2.24) is 15.5 Å². The highest BCUT2D eigenvalue weighted by Crippen LogP contribution is 2.41. The van der Waals surface area contributed by atoms with Crippen LogP contribution >= 0.6 is 0 Å². The highest BCUT2D eigenvalue weighted by molar-refractivity contribution is 6.05. The Hall–Kier alpha value is -2.62. The molecule has 1 fully saturated rings. The fourth-order valence-corrected chi connectivity index (χ4v) is 2.94. The predicted octanol–water partition coefficient (Wildman–Crippen LogP) is 3.44. The first-order chi connectivity index (χ1) is 10.8. The van der Waals surface area contributed by atoms with Gasteiger partial charge in [0.15, 0.2) is 0 Å². The second-order valence-electron chi connectivity index (χ2n) is 5.84. The van der Waals surface area contributed by atoms with Crippen molar-refractivity contribution in [3.05, 3.63) is 65.9 Å². The molecule has 22 heavy (non-hydrogen) atoms. The van der Waals surface area contributed by atoms with E-state index in [0.717, 1.165) is 10.9 Å². The fraction of sp³-hybridized carbons (Fsp3) is 0.222. The minimum absolute atomic E-state index is 0.0457. The lowest BCUT2D eigenvalue weighted by atomic mass is 10.0. The Balaban J connectivity index is 1.64. The molecule has 0 spiro atoms. The molecule has 1 amide bonds. The van der Waals surface area contributed by atoms with Crippen LogP contribution in [0.5, 0.6) is 0 Å². The lowest BCUT2D eigenvalue weighted by molar-refractivity contribution is 0.0933. The summed E-state index contributed by atoms with van der Waals surface area (Å²) < 4.78 is 0. The van der Waals surface area contributed by atoms with Crippen LogP contribution in [0.25, 0.3) is 10.9 Å². The standard InChI is InChI=1S/C18H17N3O/c22-18(15-8-4-7-14-11-19-21-17(14)15)20-16(13-9-10-13)12-5-2-1-3-6-12/h1-8,11,13,16H,9-10H2,(H,19,21)(H,20,22). The molecule has 3 aromatic rings. The smallest absolute Gasteiger partial charge is 0.253 e. The number of para-hydroxylation sites is 1. The number of aromatic amines is 1. The summed E-state index contributed by atoms with van der Waals surface area (Å²) in [7, 11) is 0. The Labute approximate surface area is 128 Å². The predicted molar refractivity (Wildman–Crippen MR) is 85.5 cm³/mol. The van der Waals surface area contributed by atoms with Crippen LogP contribution in [0.15, 0.2) is 54.7 Å². The van der Waals surface area contributed by atoms with E-state index in [2.05, 4.69) is 27.6 Å². The molecule has 0 radical (unpaired) electrons. The van der Waals surface area contributed by atoms with Crippen molar-refractivity contribution in [2.75, 3.05) is 0 Å². The lowest BCUT2D eigenvalue weighted by Crippen LogP contribution is -2.30. The summed E-state index contributed by atoms with van der Waals surface area (Å²) >= 11 is 0. The van der Waals surface area contributed by atoms with E-state index in [0.29, 0.717) is 11.5 Å². The number of amides is 1. The fourth-order valence-electron chi connectivity index (χ4n) is 2.94. The molecule has 1 aromatic heterocycles. The highest BCUT2D eigenvalue weighted by Gasteiger charge is 2.33. The molecule has 1 atom stereocenters. The summed E-state index contributed by atoms with van der Waals surface area (Å²) in [5.41, 5.74) is 2.62. The number of carbonyl (C=O) groups is 1. The van der Waals surface area contributed by atoms with Crippen molar-refractivity contribution >= 4 is 16.8 Å². The van der Waals surface area contributed by atoms with E-state index in [1.807, 2.05) is 36.4 Å². The summed E-state index contributed by atoms with van der Waals surface area (Å²) in [5, 5.41) is 11.1. The summed E-state index contributed by atoms with van der Waals surface area (Å²) in [4.78, 5) is 12.7. The van der Waals surface area contributed by atoms with Gasteiger partial charge in [-0.25, -0.2) is 0 Å². The summed E-state index contributed by atoms with van der Waals surface area (Å²) in [5.74, 6) is 0.503. The van der Waals surface area contributed by atoms with E-state index in [4.69, 9.17) is 0 Å². The molecule has 0 aliphatic heterocycles. The van der Waals surface area contributed by atoms with Crippen LogP contribution in [0.2, 0.25) is 0 Å². The third-order valence-electron chi connectivity index (χ3n) is 4.26. The first-order valence-electron chi connectivity index (χ1n) is 7.61. The third kappa shape index (κ3) is 2.37. The van der Waals surface area contributed by atoms with Crippen LogP contribution < -0.4 is 5.32 Å². The Kier molecular flexibility index (Phi) is 3.15. The minimum Gasteiger partial charge on any atom is -0.345 e. The number of hydrogen-bond donors (Lipinski definition) is 2. The van der Waals surface area contributed by atoms with E-state index >= 15 is 0 Å². The number of nitrogens with one attached hydrogen (secondary N) is 2. The van der Waals surface area contributed by atoms with Gasteiger partial charge in [0.2, 0.25) is 0 Å². The average molecular weight is 291 g/mol. The number of nitrogens with zero attached hydrogens (tertiary/aromatic N) is 1. The Morgan fingerprint density at radius 1 is 1.14 bits per heavy atom. The van der Waals surface area contributed by atoms with Gasteiger partial charge in [0.25, 0.3) is 5.91 Å². The van der Waals surface area contributed by atoms with Gasteiger partial charge in [-0.05, 0) is 30.4 Å². The molecule has 4 nitrogen and oxygen atoms in total. The van der Waals surface area contributed by atoms with Crippen molar-refractivity contribution in [3.63, 3.8) is 0 Å². The molecule has 4 rings (SSSR count). The highest BCUT2D eigenvalue weighted by atomic mass is 16.1. The molecule has 0 saturated heterocycles. The average Bonchev–Trinajstić information content (AvgIpc) is 3.28. The second kappa shape index (κ2) is 5.30. The number of benzene rings is 2. The van der Waals surface area contributed by atoms with E-state index in [1.165, 1.54) is 18.4 Å². The first-order valence-corrected chi connectivity index (χ1v) is 7.61. The van der Waals surface area contributed by atoms with Gasteiger partial charge in [-0.3, -0.25) is 9.89 Å². The van der Waals surface area contributed by atoms with E-state index in [-0.39, 0.29) is 11.9 Å². The van der Waals surface area contributed by atoms with E-state index in [9.17, 15) is 4.79 Å². The van der Waals surface area contributed by atoms with Crippen LogP contribution in [0.3, 0.4) is 0 Å². The summed E-state index contributed by atoms with van der Waals surface area (Å²) in [6, 6.07) is 16.0. The van der Waals surface area contributed by atoms with Gasteiger partial charge >= 0.3 is 0 Å². The van der Waals surface area contributed by atoms with E-state index in [1.54, 1.807) is 6.20 Å². The van der Waals surface area contributed by atoms with Crippen LogP contribution in [-0.2, 0) is 0 Å². The number of H-pyrrole nitrogens is 1. The van der Waals surface area contributed by atoms with Gasteiger partial charge in [0, 0.05) is 5.39 Å². The zero-order chi connectivity index (χ0) is 14.9. The number of fused-ring (bicyclic) bond motifs is 1. The van der Waals surface area contributed by atoms with Crippen molar-refractivity contribution in [2.24, 2.45) is 5.92 Å². The van der Waals surface area contributed by atoms with E-state index < -0.39 is 0 Å². The third-order valence-corrected chi connectivity index (χ3v) is 4.26. The summed E-state index contributed by atoms with van der Waals surface area (Å²) in [6.07, 6.45) is 4.09. The van der Waals surface area contributed by atoms with Gasteiger partial charge in [-0.2, -0.15) is 5.10 Å². The molecule has 1 saturated carbocycles. The summed E-state index contributed by atoms with van der Waals surface area (Å²) in [6.45, 7) is 0. The van der Waals surface area contributed by atoms with Gasteiger partial charge in [0.1, 0.15) is 0 Å². The zero-order valence-electron chi connectivity index (χ0n) is 12.1. The molecule has 1 heterocycles. The van der Waals surface area contributed by atoms with Crippen LogP contribution in [-0.4, -0.2) is 16.1 Å². The zero-order valence-corrected chi connectivity index (χ0v) is 12.1. The van der Waals surface area contributed by atoms with Crippen LogP contribution in [0.4, 0.5) is 0 Å². The Morgan fingerprint density at radius 2 is 1.95 bits per heavy atom. The molecule has 110 valence electrons. The monoisotopic (exact) mass is 291 g/mol. The number of hydrogen-bond acceptors (Lipinski definition) is 2. The van der Waals surface area contributed by atoms with Crippen molar-refractivity contribution in [2.45, 2.75) is 18.9 Å². The lowest BCUT2D eigenvalue weighted by Gasteiger charge is -2.19. The molecule has 1 aliphatic rings. The number of carbonyl (C=O) groups excluding carboxylic acids is 1. The van der Waals surface area contributed by atoms with Crippen molar-refractivity contribution in [3.8, 4) is 0 Å². The maximum absolute atomic E-state index is 12.7. The number of rotatable bonds is 4. The van der Waals surface area contributed by atoms with Gasteiger partial charge in [-0.1, -0.05) is 42.5 Å². The molecule has 2 N–H and O–H groups in total. The van der Waals surface area contributed by atoms with Gasteiger partial charge < -0.3 is 5.32 Å². The Bertz CT molecular complexity index is 805. The molecule has 1 unspecified atom stereocenters. The Morgan fingerprint density at radius 3 is 2.73 bits per heavy atom. The normalized spacial score (nSPS) is 15.6. The minimum atomic E-state index is -0.0457. The number of aromatic nitrogens is 2. The largest absolute Gasteiger partial charge is 0.345 e. The topological polar surface area (TPSA) is 57.8 Å². The first kappa shape index (κ1) is 13.1. The molecule has 4 heteroatoms. The van der Waals surface area contributed by atoms with Gasteiger partial charge in [-0.15, -0.1) is 0 Å². The molecular weight excluding hydrogens is 274 g/mol. The SMILES string of the molecule is O=C(NC(c1ccccc1)C1CC1)c1cccc2cn[nH]c12. The maximum atomic E-state index is 12.7. The van der Waals surface area contributed by atoms with Crippen molar-refractivity contribution in [1.29, 1.82) is 0 Å². The quantitative estimate of drug-likeness (QED) is 0.773. The van der Waals surface area contributed by atoms with Gasteiger partial charge in [0.05, 0.1) is 23.3 Å². The van der Waals surface area contributed by atoms with Crippen LogP contribution in [0.1, 0.15) is 34.8 Å². The molecule has 1 aliphatic carbocycles.